The first-order chi connectivity index (χ1) is 14.8. The molecule has 1 N–H and O–H groups in total. The molecule has 1 aliphatic heterocycles. The Morgan fingerprint density at radius 3 is 2.81 bits per heavy atom. The second-order valence-electron chi connectivity index (χ2n) is 6.87. The van der Waals surface area contributed by atoms with Crippen molar-refractivity contribution in [3.05, 3.63) is 42.9 Å². The van der Waals surface area contributed by atoms with Crippen LogP contribution in [0.25, 0.3) is 10.6 Å². The fraction of sp³-hybridized carbons (Fsp3) is 0.316. The number of carbonyl (C=O) groups is 1. The molecule has 12 heteroatoms. The molecular weight excluding hydrogens is 433 g/mol. The van der Waals surface area contributed by atoms with Crippen molar-refractivity contribution in [3.63, 3.8) is 0 Å². The summed E-state index contributed by atoms with van der Waals surface area (Å²) in [4.78, 5) is 29.9. The molecule has 1 aliphatic rings. The quantitative estimate of drug-likeness (QED) is 0.634. The van der Waals surface area contributed by atoms with Gasteiger partial charge in [0.15, 0.2) is 5.13 Å². The van der Waals surface area contributed by atoms with E-state index in [0.29, 0.717) is 16.6 Å². The lowest BCUT2D eigenvalue weighted by atomic mass is 10.2. The zero-order valence-corrected chi connectivity index (χ0v) is 17.0. The molecule has 1 amide bonds. The lowest BCUT2D eigenvalue weighted by Gasteiger charge is -2.22. The van der Waals surface area contributed by atoms with Crippen LogP contribution in [0.5, 0.6) is 6.01 Å². The second kappa shape index (κ2) is 8.46. The number of likely N-dealkylation sites (tertiary alicyclic amines) is 1. The van der Waals surface area contributed by atoms with Crippen LogP contribution in [0.15, 0.2) is 42.9 Å². The maximum Gasteiger partial charge on any atom is 0.471 e. The molecule has 4 heterocycles. The van der Waals surface area contributed by atoms with Crippen molar-refractivity contribution in [2.45, 2.75) is 31.7 Å². The topological polar surface area (TPSA) is 93.1 Å². The molecule has 3 aromatic heterocycles. The van der Waals surface area contributed by atoms with Gasteiger partial charge in [-0.2, -0.15) is 18.2 Å². The zero-order chi connectivity index (χ0) is 22.0. The molecular formula is C19H17F3N6O2S. The Bertz CT molecular complexity index is 1060. The smallest absolute Gasteiger partial charge is 0.458 e. The van der Waals surface area contributed by atoms with E-state index in [9.17, 15) is 18.0 Å². The number of halogens is 3. The molecule has 4 rings (SSSR count). The Balaban J connectivity index is 1.43. The number of aromatic nitrogens is 4. The fourth-order valence-corrected chi connectivity index (χ4v) is 3.99. The van der Waals surface area contributed by atoms with Crippen molar-refractivity contribution in [3.8, 4) is 16.6 Å². The number of amides is 1. The average molecular weight is 450 g/mol. The highest BCUT2D eigenvalue weighted by Gasteiger charge is 2.47. The first-order valence-electron chi connectivity index (χ1n) is 9.31. The van der Waals surface area contributed by atoms with Crippen LogP contribution in [0.1, 0.15) is 13.3 Å². The van der Waals surface area contributed by atoms with Crippen LogP contribution in [0.2, 0.25) is 0 Å². The third-order valence-electron chi connectivity index (χ3n) is 4.60. The number of hydrogen-bond acceptors (Lipinski definition) is 8. The van der Waals surface area contributed by atoms with Gasteiger partial charge in [-0.1, -0.05) is 17.4 Å². The van der Waals surface area contributed by atoms with Crippen molar-refractivity contribution in [1.82, 2.24) is 24.8 Å². The molecule has 1 saturated heterocycles. The molecule has 31 heavy (non-hydrogen) atoms. The monoisotopic (exact) mass is 450 g/mol. The zero-order valence-electron chi connectivity index (χ0n) is 16.2. The highest BCUT2D eigenvalue weighted by molar-refractivity contribution is 7.18. The first-order valence-corrected chi connectivity index (χ1v) is 10.1. The summed E-state index contributed by atoms with van der Waals surface area (Å²) in [6.07, 6.45) is -0.470. The van der Waals surface area contributed by atoms with E-state index in [1.54, 1.807) is 25.4 Å². The SMILES string of the molecule is C[C@H]1C[C@H](Oc2nccc(-c3cnc(Nc4ccccn4)s3)n2)CN1C(=O)C(F)(F)F. The minimum Gasteiger partial charge on any atom is -0.458 e. The Morgan fingerprint density at radius 1 is 1.23 bits per heavy atom. The number of pyridine rings is 1. The van der Waals surface area contributed by atoms with E-state index in [1.165, 1.54) is 17.5 Å². The van der Waals surface area contributed by atoms with E-state index in [4.69, 9.17) is 4.74 Å². The molecule has 0 bridgehead atoms. The Morgan fingerprint density at radius 2 is 2.06 bits per heavy atom. The molecule has 8 nitrogen and oxygen atoms in total. The molecule has 162 valence electrons. The molecule has 0 saturated carbocycles. The number of thiazole rings is 1. The van der Waals surface area contributed by atoms with Gasteiger partial charge in [0.2, 0.25) is 0 Å². The van der Waals surface area contributed by atoms with Crippen LogP contribution in [-0.4, -0.2) is 55.6 Å². The minimum absolute atomic E-state index is 0.0312. The van der Waals surface area contributed by atoms with Crippen LogP contribution in [-0.2, 0) is 4.79 Å². The number of nitrogens with zero attached hydrogens (tertiary/aromatic N) is 5. The summed E-state index contributed by atoms with van der Waals surface area (Å²) in [7, 11) is 0. The van der Waals surface area contributed by atoms with Crippen molar-refractivity contribution < 1.29 is 22.7 Å². The standard InChI is InChI=1S/C19H17F3N6O2S/c1-11-8-12(10-28(11)16(29)19(20,21)22)30-17-24-7-5-13(26-17)14-9-25-18(31-14)27-15-4-2-3-6-23-15/h2-7,9,11-12H,8,10H2,1H3,(H,23,25,27)/t11-,12-/m0/s1. The van der Waals surface area contributed by atoms with Crippen LogP contribution >= 0.6 is 11.3 Å². The van der Waals surface area contributed by atoms with Gasteiger partial charge < -0.3 is 15.0 Å². The molecule has 0 aliphatic carbocycles. The van der Waals surface area contributed by atoms with Gasteiger partial charge >= 0.3 is 18.1 Å². The number of anilines is 2. The average Bonchev–Trinajstić information content (AvgIpc) is 3.34. The minimum atomic E-state index is -4.91. The predicted octanol–water partition coefficient (Wildman–Crippen LogP) is 3.67. The van der Waals surface area contributed by atoms with Gasteiger partial charge in [0.25, 0.3) is 0 Å². The Hall–Kier alpha value is -3.28. The van der Waals surface area contributed by atoms with E-state index in [2.05, 4.69) is 25.3 Å². The number of ether oxygens (including phenoxy) is 1. The van der Waals surface area contributed by atoms with Gasteiger partial charge in [-0.05, 0) is 25.1 Å². The Labute approximate surface area is 179 Å². The van der Waals surface area contributed by atoms with Crippen molar-refractivity contribution in [2.75, 3.05) is 11.9 Å². The van der Waals surface area contributed by atoms with Crippen LogP contribution in [0.4, 0.5) is 24.1 Å². The fourth-order valence-electron chi connectivity index (χ4n) is 3.19. The molecule has 0 unspecified atom stereocenters. The van der Waals surface area contributed by atoms with Gasteiger partial charge in [0.1, 0.15) is 11.9 Å². The number of hydrogen-bond donors (Lipinski definition) is 1. The van der Waals surface area contributed by atoms with Gasteiger partial charge in [0, 0.05) is 31.1 Å². The van der Waals surface area contributed by atoms with Crippen molar-refractivity contribution in [1.29, 1.82) is 0 Å². The van der Waals surface area contributed by atoms with E-state index >= 15 is 0 Å². The highest BCUT2D eigenvalue weighted by Crippen LogP contribution is 2.31. The normalized spacial score (nSPS) is 18.8. The number of nitrogens with one attached hydrogen (secondary N) is 1. The van der Waals surface area contributed by atoms with Gasteiger partial charge in [-0.3, -0.25) is 4.79 Å². The molecule has 0 spiro atoms. The summed E-state index contributed by atoms with van der Waals surface area (Å²) >= 11 is 1.35. The number of rotatable bonds is 5. The largest absolute Gasteiger partial charge is 0.471 e. The first kappa shape index (κ1) is 21.0. The van der Waals surface area contributed by atoms with E-state index in [0.717, 1.165) is 9.78 Å². The van der Waals surface area contributed by atoms with Crippen molar-refractivity contribution >= 4 is 28.2 Å². The summed E-state index contributed by atoms with van der Waals surface area (Å²) in [6, 6.07) is 6.59. The number of alkyl halides is 3. The Kier molecular flexibility index (Phi) is 5.72. The summed E-state index contributed by atoms with van der Waals surface area (Å²) in [6.45, 7) is 1.38. The van der Waals surface area contributed by atoms with Gasteiger partial charge in [-0.25, -0.2) is 15.0 Å². The lowest BCUT2D eigenvalue weighted by Crippen LogP contribution is -2.43. The summed E-state index contributed by atoms with van der Waals surface area (Å²) < 4.78 is 43.9. The summed E-state index contributed by atoms with van der Waals surface area (Å²) in [5, 5.41) is 3.72. The summed E-state index contributed by atoms with van der Waals surface area (Å²) in [5.74, 6) is -1.21. The molecule has 3 aromatic rings. The lowest BCUT2D eigenvalue weighted by molar-refractivity contribution is -0.186. The van der Waals surface area contributed by atoms with Crippen LogP contribution in [0, 0.1) is 0 Å². The van der Waals surface area contributed by atoms with Gasteiger partial charge in [0.05, 0.1) is 17.1 Å². The third-order valence-corrected chi connectivity index (χ3v) is 5.54. The predicted molar refractivity (Wildman–Crippen MR) is 107 cm³/mol. The van der Waals surface area contributed by atoms with Crippen molar-refractivity contribution in [2.24, 2.45) is 0 Å². The molecule has 0 aromatic carbocycles. The van der Waals surface area contributed by atoms with Gasteiger partial charge in [-0.15, -0.1) is 0 Å². The number of carbonyl (C=O) groups excluding carboxylic acids is 1. The van der Waals surface area contributed by atoms with Crippen LogP contribution in [0.3, 0.4) is 0 Å². The molecule has 0 radical (unpaired) electrons. The molecule has 2 atom stereocenters. The maximum atomic E-state index is 12.7. The van der Waals surface area contributed by atoms with E-state index in [1.807, 2.05) is 18.2 Å². The maximum absolute atomic E-state index is 12.7. The highest BCUT2D eigenvalue weighted by atomic mass is 32.1. The van der Waals surface area contributed by atoms with E-state index < -0.39 is 24.2 Å². The van der Waals surface area contributed by atoms with E-state index in [-0.39, 0.29) is 19.0 Å². The van der Waals surface area contributed by atoms with Crippen LogP contribution < -0.4 is 10.1 Å². The third kappa shape index (κ3) is 4.90. The molecule has 1 fully saturated rings. The summed E-state index contributed by atoms with van der Waals surface area (Å²) in [5.41, 5.74) is 0.561. The second-order valence-corrected chi connectivity index (χ2v) is 7.90.